The van der Waals surface area contributed by atoms with Crippen LogP contribution in [-0.2, 0) is 11.4 Å². The average Bonchev–Trinajstić information content (AvgIpc) is 2.74. The molecule has 2 rings (SSSR count). The van der Waals surface area contributed by atoms with Gasteiger partial charge in [-0.25, -0.2) is 0 Å². The summed E-state index contributed by atoms with van der Waals surface area (Å²) in [4.78, 5) is 0. The van der Waals surface area contributed by atoms with Gasteiger partial charge in [-0.1, -0.05) is 6.07 Å². The third-order valence-corrected chi connectivity index (χ3v) is 4.48. The van der Waals surface area contributed by atoms with Crippen LogP contribution in [0.2, 0.25) is 0 Å². The number of aromatic amines is 1. The van der Waals surface area contributed by atoms with Crippen molar-refractivity contribution in [2.75, 3.05) is 0 Å². The molecule has 4 nitrogen and oxygen atoms in total. The highest BCUT2D eigenvalue weighted by Gasteiger charge is 2.28. The molecule has 2 N–H and O–H groups in total. The number of H-pyrrole nitrogens is 1. The lowest BCUT2D eigenvalue weighted by Gasteiger charge is -2.26. The molecule has 0 amide bonds. The minimum Gasteiger partial charge on any atom is -0.598 e. The third-order valence-electron chi connectivity index (χ3n) is 2.80. The summed E-state index contributed by atoms with van der Waals surface area (Å²) < 4.78 is 14.9. The zero-order chi connectivity index (χ0) is 13.3. The maximum atomic E-state index is 12.0. The van der Waals surface area contributed by atoms with Crippen molar-refractivity contribution in [1.29, 1.82) is 0 Å². The van der Waals surface area contributed by atoms with Gasteiger partial charge in [0, 0.05) is 16.7 Å². The van der Waals surface area contributed by atoms with Crippen molar-refractivity contribution in [3.8, 4) is 0 Å². The van der Waals surface area contributed by atoms with E-state index in [9.17, 15) is 4.55 Å². The van der Waals surface area contributed by atoms with Gasteiger partial charge in [0.05, 0.1) is 17.8 Å². The van der Waals surface area contributed by atoms with Crippen molar-refractivity contribution in [3.05, 3.63) is 30.0 Å². The molecule has 0 bridgehead atoms. The van der Waals surface area contributed by atoms with E-state index in [0.717, 1.165) is 16.5 Å². The molecular weight excluding hydrogens is 246 g/mol. The second-order valence-electron chi connectivity index (χ2n) is 5.44. The van der Waals surface area contributed by atoms with E-state index in [4.69, 9.17) is 0 Å². The summed E-state index contributed by atoms with van der Waals surface area (Å²) in [7, 11) is 0. The molecule has 1 aromatic heterocycles. The Bertz CT molecular complexity index is 532. The summed E-state index contributed by atoms with van der Waals surface area (Å²) >= 11 is -1.07. The Hall–Kier alpha value is -1.04. The van der Waals surface area contributed by atoms with Crippen LogP contribution in [0.5, 0.6) is 0 Å². The fourth-order valence-corrected chi connectivity index (χ4v) is 2.45. The largest absolute Gasteiger partial charge is 0.598 e. The Morgan fingerprint density at radius 2 is 2.11 bits per heavy atom. The van der Waals surface area contributed by atoms with E-state index in [2.05, 4.69) is 21.0 Å². The molecule has 98 valence electrons. The SMILES string of the molecule is C[C@@H](N[S+]([O-])C(C)(C)C)c1ccc2[nH]ncc2c1. The molecule has 0 radical (unpaired) electrons. The molecule has 0 aliphatic rings. The van der Waals surface area contributed by atoms with Gasteiger partial charge < -0.3 is 4.55 Å². The van der Waals surface area contributed by atoms with Gasteiger partial charge in [-0.3, -0.25) is 5.10 Å². The summed E-state index contributed by atoms with van der Waals surface area (Å²) in [5.41, 5.74) is 2.13. The number of hydrogen-bond donors (Lipinski definition) is 2. The Morgan fingerprint density at radius 3 is 2.78 bits per heavy atom. The molecule has 5 heteroatoms. The van der Waals surface area contributed by atoms with Crippen molar-refractivity contribution in [3.63, 3.8) is 0 Å². The molecule has 0 saturated carbocycles. The Kier molecular flexibility index (Phi) is 3.66. The molecule has 0 fully saturated rings. The predicted octanol–water partition coefficient (Wildman–Crippen LogP) is 2.68. The maximum absolute atomic E-state index is 12.0. The number of nitrogens with zero attached hydrogens (tertiary/aromatic N) is 1. The van der Waals surface area contributed by atoms with Gasteiger partial charge in [-0.15, -0.1) is 4.72 Å². The Morgan fingerprint density at radius 1 is 1.39 bits per heavy atom. The lowest BCUT2D eigenvalue weighted by Crippen LogP contribution is -2.40. The number of benzene rings is 1. The lowest BCUT2D eigenvalue weighted by atomic mass is 10.1. The van der Waals surface area contributed by atoms with Crippen LogP contribution in [0.4, 0.5) is 0 Å². The van der Waals surface area contributed by atoms with Gasteiger partial charge in [0.2, 0.25) is 0 Å². The maximum Gasteiger partial charge on any atom is 0.136 e. The van der Waals surface area contributed by atoms with E-state index in [-0.39, 0.29) is 10.8 Å². The second kappa shape index (κ2) is 4.91. The van der Waals surface area contributed by atoms with Gasteiger partial charge in [0.15, 0.2) is 0 Å². The number of fused-ring (bicyclic) bond motifs is 1. The summed E-state index contributed by atoms with van der Waals surface area (Å²) in [6, 6.07) is 6.13. The van der Waals surface area contributed by atoms with Crippen LogP contribution in [-0.4, -0.2) is 19.5 Å². The first kappa shape index (κ1) is 13.4. The first-order valence-electron chi connectivity index (χ1n) is 5.99. The van der Waals surface area contributed by atoms with Crippen molar-refractivity contribution in [2.45, 2.75) is 38.5 Å². The number of aromatic nitrogens is 2. The highest BCUT2D eigenvalue weighted by atomic mass is 32.2. The number of rotatable bonds is 3. The molecule has 1 unspecified atom stereocenters. The smallest absolute Gasteiger partial charge is 0.136 e. The normalized spacial score (nSPS) is 15.8. The van der Waals surface area contributed by atoms with Gasteiger partial charge in [-0.2, -0.15) is 5.10 Å². The summed E-state index contributed by atoms with van der Waals surface area (Å²) in [6.45, 7) is 7.90. The van der Waals surface area contributed by atoms with Crippen LogP contribution in [0.1, 0.15) is 39.3 Å². The van der Waals surface area contributed by atoms with E-state index in [1.54, 1.807) is 6.20 Å². The first-order valence-corrected chi connectivity index (χ1v) is 7.14. The van der Waals surface area contributed by atoms with Crippen molar-refractivity contribution < 1.29 is 4.55 Å². The summed E-state index contributed by atoms with van der Waals surface area (Å²) in [5.74, 6) is 0. The Labute approximate surface area is 110 Å². The molecule has 1 aromatic carbocycles. The van der Waals surface area contributed by atoms with Crippen LogP contribution in [0.25, 0.3) is 10.9 Å². The average molecular weight is 265 g/mol. The molecule has 0 aliphatic carbocycles. The van der Waals surface area contributed by atoms with Crippen molar-refractivity contribution in [1.82, 2.24) is 14.9 Å². The predicted molar refractivity (Wildman–Crippen MR) is 75.5 cm³/mol. The molecule has 2 aromatic rings. The minimum absolute atomic E-state index is 0.0457. The van der Waals surface area contributed by atoms with Crippen molar-refractivity contribution in [2.24, 2.45) is 0 Å². The monoisotopic (exact) mass is 265 g/mol. The van der Waals surface area contributed by atoms with E-state index >= 15 is 0 Å². The number of nitrogens with one attached hydrogen (secondary N) is 2. The number of hydrogen-bond acceptors (Lipinski definition) is 3. The Balaban J connectivity index is 2.15. The van der Waals surface area contributed by atoms with E-state index in [1.807, 2.05) is 39.8 Å². The lowest BCUT2D eigenvalue weighted by molar-refractivity contribution is 0.531. The van der Waals surface area contributed by atoms with Crippen LogP contribution in [0.3, 0.4) is 0 Å². The second-order valence-corrected chi connectivity index (χ2v) is 7.44. The third kappa shape index (κ3) is 2.85. The molecule has 0 aliphatic heterocycles. The topological polar surface area (TPSA) is 63.8 Å². The minimum atomic E-state index is -1.07. The van der Waals surface area contributed by atoms with E-state index in [1.165, 1.54) is 0 Å². The zero-order valence-corrected chi connectivity index (χ0v) is 12.0. The molecule has 0 saturated heterocycles. The van der Waals surface area contributed by atoms with Crippen LogP contribution in [0.15, 0.2) is 24.4 Å². The fraction of sp³-hybridized carbons (Fsp3) is 0.462. The summed E-state index contributed by atoms with van der Waals surface area (Å²) in [5, 5.41) is 7.99. The van der Waals surface area contributed by atoms with Crippen molar-refractivity contribution >= 4 is 22.3 Å². The molecule has 2 atom stereocenters. The molecule has 0 spiro atoms. The van der Waals surface area contributed by atoms with Crippen LogP contribution >= 0.6 is 0 Å². The molecule has 18 heavy (non-hydrogen) atoms. The molecule has 1 heterocycles. The standard InChI is InChI=1S/C13H19N3OS/c1-9(16-18(17)13(2,3)4)10-5-6-12-11(7-10)8-14-15-12/h5-9,16H,1-4H3,(H,14,15)/t9-,18?/m1/s1. The zero-order valence-electron chi connectivity index (χ0n) is 11.2. The van der Waals surface area contributed by atoms with Gasteiger partial charge >= 0.3 is 0 Å². The van der Waals surface area contributed by atoms with Gasteiger partial charge in [0.1, 0.15) is 4.75 Å². The fourth-order valence-electron chi connectivity index (χ4n) is 1.64. The summed E-state index contributed by atoms with van der Waals surface area (Å²) in [6.07, 6.45) is 1.80. The highest BCUT2D eigenvalue weighted by molar-refractivity contribution is 7.90. The van der Waals surface area contributed by atoms with E-state index in [0.29, 0.717) is 0 Å². The highest BCUT2D eigenvalue weighted by Crippen LogP contribution is 2.22. The van der Waals surface area contributed by atoms with Crippen LogP contribution < -0.4 is 4.72 Å². The van der Waals surface area contributed by atoms with Gasteiger partial charge in [-0.05, 0) is 45.4 Å². The first-order chi connectivity index (χ1) is 8.38. The van der Waals surface area contributed by atoms with Gasteiger partial charge in [0.25, 0.3) is 0 Å². The quantitative estimate of drug-likeness (QED) is 0.839. The van der Waals surface area contributed by atoms with E-state index < -0.39 is 11.4 Å². The molecular formula is C13H19N3OS. The van der Waals surface area contributed by atoms with Crippen LogP contribution in [0, 0.1) is 0 Å².